The van der Waals surface area contributed by atoms with Gasteiger partial charge in [0.1, 0.15) is 21.3 Å². The Balaban J connectivity index is 0.00000242. The van der Waals surface area contributed by atoms with E-state index in [0.717, 1.165) is 12.1 Å². The summed E-state index contributed by atoms with van der Waals surface area (Å²) in [5.41, 5.74) is 0. The monoisotopic (exact) mass is 378 g/mol. The molecule has 0 saturated heterocycles. The summed E-state index contributed by atoms with van der Waals surface area (Å²) in [6.07, 6.45) is 0. The van der Waals surface area contributed by atoms with Gasteiger partial charge in [0.05, 0.1) is 0 Å². The van der Waals surface area contributed by atoms with Gasteiger partial charge in [-0.3, -0.25) is 9.11 Å². The predicted molar refractivity (Wildman–Crippen MR) is 86.9 cm³/mol. The molecule has 0 saturated carbocycles. The first kappa shape index (κ1) is 23.1. The van der Waals surface area contributed by atoms with Crippen molar-refractivity contribution < 1.29 is 30.7 Å². The van der Waals surface area contributed by atoms with Gasteiger partial charge in [-0.15, -0.1) is 0 Å². The van der Waals surface area contributed by atoms with Crippen molar-refractivity contribution in [2.75, 3.05) is 0 Å². The molecule has 0 aliphatic heterocycles. The van der Waals surface area contributed by atoms with E-state index in [2.05, 4.69) is 0 Å². The SMILES string of the molecule is O=S(=O)(O)c1ccccc1Oc1ccccc1S(=O)(=O)O.[NaH].[NaH]. The minimum atomic E-state index is -4.54. The van der Waals surface area contributed by atoms with Gasteiger partial charge in [0.2, 0.25) is 0 Å². The van der Waals surface area contributed by atoms with Crippen LogP contribution in [-0.4, -0.2) is 85.1 Å². The van der Waals surface area contributed by atoms with Gasteiger partial charge < -0.3 is 4.74 Å². The van der Waals surface area contributed by atoms with E-state index in [1.807, 2.05) is 0 Å². The Bertz CT molecular complexity index is 806. The summed E-state index contributed by atoms with van der Waals surface area (Å²) < 4.78 is 68.4. The second kappa shape index (κ2) is 8.95. The van der Waals surface area contributed by atoms with Gasteiger partial charge >= 0.3 is 59.1 Å². The van der Waals surface area contributed by atoms with Crippen LogP contribution in [0.2, 0.25) is 0 Å². The van der Waals surface area contributed by atoms with Gasteiger partial charge in [-0.05, 0) is 24.3 Å². The quantitative estimate of drug-likeness (QED) is 0.593. The summed E-state index contributed by atoms with van der Waals surface area (Å²) in [5.74, 6) is -0.535. The molecule has 0 spiro atoms. The van der Waals surface area contributed by atoms with Crippen molar-refractivity contribution in [2.45, 2.75) is 9.79 Å². The maximum absolute atomic E-state index is 11.2. The van der Waals surface area contributed by atoms with E-state index >= 15 is 0 Å². The van der Waals surface area contributed by atoms with Gasteiger partial charge in [-0.2, -0.15) is 16.8 Å². The topological polar surface area (TPSA) is 118 Å². The Labute approximate surface area is 178 Å². The zero-order chi connectivity index (χ0) is 15.7. The summed E-state index contributed by atoms with van der Waals surface area (Å²) in [7, 11) is -9.08. The van der Waals surface area contributed by atoms with Gasteiger partial charge in [-0.1, -0.05) is 24.3 Å². The van der Waals surface area contributed by atoms with Crippen molar-refractivity contribution in [1.29, 1.82) is 0 Å². The molecule has 0 radical (unpaired) electrons. The fourth-order valence-corrected chi connectivity index (χ4v) is 2.84. The molecule has 0 unspecified atom stereocenters. The third kappa shape index (κ3) is 6.13. The Kier molecular flexibility index (Phi) is 8.98. The molecule has 0 bridgehead atoms. The molecule has 0 atom stereocenters. The summed E-state index contributed by atoms with van der Waals surface area (Å²) in [4.78, 5) is -1.04. The zero-order valence-electron chi connectivity index (χ0n) is 10.4. The number of hydrogen-bond donors (Lipinski definition) is 2. The van der Waals surface area contributed by atoms with Crippen molar-refractivity contribution in [3.8, 4) is 11.5 Å². The standard InChI is InChI=1S/C12H10O7S2.2Na.2H/c13-20(14,15)11-7-3-1-5-9(11)19-10-6-2-4-8-12(10)21(16,17)18;;;;/h1-8H,(H,13,14,15)(H,16,17,18);;;;. The van der Waals surface area contributed by atoms with E-state index in [4.69, 9.17) is 13.8 Å². The molecule has 2 aromatic carbocycles. The Morgan fingerprint density at radius 3 is 1.26 bits per heavy atom. The molecule has 0 aliphatic carbocycles. The Hall–Kier alpha value is 0.0600. The Morgan fingerprint density at radius 1 is 0.652 bits per heavy atom. The number of hydrogen-bond acceptors (Lipinski definition) is 5. The molecule has 7 nitrogen and oxygen atoms in total. The van der Waals surface area contributed by atoms with Crippen LogP contribution in [0.1, 0.15) is 0 Å². The van der Waals surface area contributed by atoms with E-state index in [9.17, 15) is 16.8 Å². The van der Waals surface area contributed by atoms with Crippen molar-refractivity contribution >= 4 is 79.4 Å². The molecule has 0 fully saturated rings. The van der Waals surface area contributed by atoms with Crippen molar-refractivity contribution in [3.05, 3.63) is 48.5 Å². The van der Waals surface area contributed by atoms with E-state index in [1.165, 1.54) is 36.4 Å². The van der Waals surface area contributed by atoms with Crippen LogP contribution >= 0.6 is 0 Å². The molecular formula is C12H12Na2O7S2. The van der Waals surface area contributed by atoms with Crippen LogP contribution in [0.25, 0.3) is 0 Å². The van der Waals surface area contributed by atoms with Gasteiger partial charge in [0, 0.05) is 0 Å². The Morgan fingerprint density at radius 2 is 0.957 bits per heavy atom. The molecule has 23 heavy (non-hydrogen) atoms. The molecule has 2 aromatic rings. The number of para-hydroxylation sites is 2. The van der Waals surface area contributed by atoms with Crippen LogP contribution in [0.4, 0.5) is 0 Å². The average molecular weight is 378 g/mol. The molecular weight excluding hydrogens is 366 g/mol. The fourth-order valence-electron chi connectivity index (χ4n) is 1.61. The van der Waals surface area contributed by atoms with Crippen LogP contribution in [0.3, 0.4) is 0 Å². The van der Waals surface area contributed by atoms with Crippen LogP contribution in [0, 0.1) is 0 Å². The van der Waals surface area contributed by atoms with Crippen molar-refractivity contribution in [1.82, 2.24) is 0 Å². The van der Waals surface area contributed by atoms with Gasteiger partial charge in [-0.25, -0.2) is 0 Å². The summed E-state index contributed by atoms with van der Waals surface area (Å²) in [5, 5.41) is 0. The second-order valence-electron chi connectivity index (χ2n) is 3.95. The van der Waals surface area contributed by atoms with Gasteiger partial charge in [0.15, 0.2) is 0 Å². The third-order valence-electron chi connectivity index (χ3n) is 2.47. The van der Waals surface area contributed by atoms with Crippen LogP contribution in [0.5, 0.6) is 11.5 Å². The van der Waals surface area contributed by atoms with E-state index < -0.39 is 30.0 Å². The van der Waals surface area contributed by atoms with Crippen LogP contribution in [0.15, 0.2) is 58.3 Å². The predicted octanol–water partition coefficient (Wildman–Crippen LogP) is 0.675. The second-order valence-corrected chi connectivity index (χ2v) is 6.73. The van der Waals surface area contributed by atoms with Crippen LogP contribution in [-0.2, 0) is 20.2 Å². The maximum atomic E-state index is 11.2. The normalized spacial score (nSPS) is 11.0. The number of ether oxygens (including phenoxy) is 1. The van der Waals surface area contributed by atoms with E-state index in [1.54, 1.807) is 0 Å². The van der Waals surface area contributed by atoms with Crippen LogP contribution < -0.4 is 4.74 Å². The zero-order valence-corrected chi connectivity index (χ0v) is 12.0. The van der Waals surface area contributed by atoms with E-state index in [0.29, 0.717) is 0 Å². The summed E-state index contributed by atoms with van der Waals surface area (Å²) in [6, 6.07) is 10.3. The molecule has 11 heteroatoms. The molecule has 2 rings (SSSR count). The molecule has 116 valence electrons. The van der Waals surface area contributed by atoms with Gasteiger partial charge in [0.25, 0.3) is 20.2 Å². The first-order valence-corrected chi connectivity index (χ1v) is 8.38. The van der Waals surface area contributed by atoms with Crippen molar-refractivity contribution in [2.24, 2.45) is 0 Å². The summed E-state index contributed by atoms with van der Waals surface area (Å²) in [6.45, 7) is 0. The average Bonchev–Trinajstić information content (AvgIpc) is 2.37. The molecule has 2 N–H and O–H groups in total. The molecule has 0 aromatic heterocycles. The molecule has 0 heterocycles. The fraction of sp³-hybridized carbons (Fsp3) is 0. The number of benzene rings is 2. The first-order chi connectivity index (χ1) is 9.69. The molecule has 0 aliphatic rings. The first-order valence-electron chi connectivity index (χ1n) is 5.50. The van der Waals surface area contributed by atoms with Crippen molar-refractivity contribution in [3.63, 3.8) is 0 Å². The summed E-state index contributed by atoms with van der Waals surface area (Å²) >= 11 is 0. The third-order valence-corrected chi connectivity index (χ3v) is 4.26. The van der Waals surface area contributed by atoms with E-state index in [-0.39, 0.29) is 70.6 Å². The molecule has 0 amide bonds. The number of rotatable bonds is 4. The minimum absolute atomic E-state index is 0.